The standard InChI is InChI=1S/C21H24N4O2/c1-3-11-22-20(26)14-25-18-10-5-4-9-17(18)24-19(25)13-23-21(27)16-8-6-7-15(2)12-16/h4-10,12H,3,11,13-14H2,1-2H3,(H,22,26)(H,23,27). The fourth-order valence-corrected chi connectivity index (χ4v) is 2.95. The van der Waals surface area contributed by atoms with Crippen molar-refractivity contribution in [3.63, 3.8) is 0 Å². The molecule has 0 unspecified atom stereocenters. The van der Waals surface area contributed by atoms with Crippen LogP contribution in [0.1, 0.15) is 35.1 Å². The molecule has 0 atom stereocenters. The quantitative estimate of drug-likeness (QED) is 0.677. The van der Waals surface area contributed by atoms with E-state index in [4.69, 9.17) is 0 Å². The molecule has 0 saturated carbocycles. The Morgan fingerprint density at radius 3 is 2.67 bits per heavy atom. The van der Waals surface area contributed by atoms with E-state index in [-0.39, 0.29) is 24.9 Å². The minimum Gasteiger partial charge on any atom is -0.355 e. The number of amides is 2. The summed E-state index contributed by atoms with van der Waals surface area (Å²) in [5.74, 6) is 0.433. The second-order valence-corrected chi connectivity index (χ2v) is 6.51. The lowest BCUT2D eigenvalue weighted by atomic mass is 10.1. The highest BCUT2D eigenvalue weighted by molar-refractivity contribution is 5.94. The van der Waals surface area contributed by atoms with E-state index >= 15 is 0 Å². The van der Waals surface area contributed by atoms with E-state index in [9.17, 15) is 9.59 Å². The molecule has 6 heteroatoms. The normalized spacial score (nSPS) is 10.7. The van der Waals surface area contributed by atoms with Crippen LogP contribution in [0, 0.1) is 6.92 Å². The van der Waals surface area contributed by atoms with Crippen molar-refractivity contribution in [2.24, 2.45) is 0 Å². The first-order valence-electron chi connectivity index (χ1n) is 9.14. The molecule has 0 aliphatic heterocycles. The highest BCUT2D eigenvalue weighted by Gasteiger charge is 2.14. The van der Waals surface area contributed by atoms with Crippen LogP contribution in [0.15, 0.2) is 48.5 Å². The number of benzene rings is 2. The SMILES string of the molecule is CCCNC(=O)Cn1c(CNC(=O)c2cccc(C)c2)nc2ccccc21. The molecule has 2 N–H and O–H groups in total. The lowest BCUT2D eigenvalue weighted by molar-refractivity contribution is -0.121. The predicted molar refractivity (Wildman–Crippen MR) is 105 cm³/mol. The molecular weight excluding hydrogens is 340 g/mol. The number of fused-ring (bicyclic) bond motifs is 1. The van der Waals surface area contributed by atoms with Gasteiger partial charge in [0.15, 0.2) is 0 Å². The fourth-order valence-electron chi connectivity index (χ4n) is 2.95. The zero-order valence-electron chi connectivity index (χ0n) is 15.7. The Morgan fingerprint density at radius 1 is 1.07 bits per heavy atom. The monoisotopic (exact) mass is 364 g/mol. The molecule has 27 heavy (non-hydrogen) atoms. The molecule has 0 radical (unpaired) electrons. The Bertz CT molecular complexity index is 962. The number of aryl methyl sites for hydroxylation is 1. The topological polar surface area (TPSA) is 76.0 Å². The van der Waals surface area contributed by atoms with Gasteiger partial charge in [0, 0.05) is 12.1 Å². The zero-order valence-corrected chi connectivity index (χ0v) is 15.7. The Morgan fingerprint density at radius 2 is 1.89 bits per heavy atom. The van der Waals surface area contributed by atoms with Crippen LogP contribution in [0.5, 0.6) is 0 Å². The molecule has 140 valence electrons. The van der Waals surface area contributed by atoms with E-state index in [2.05, 4.69) is 15.6 Å². The van der Waals surface area contributed by atoms with Gasteiger partial charge < -0.3 is 15.2 Å². The number of nitrogens with zero attached hydrogens (tertiary/aromatic N) is 2. The van der Waals surface area contributed by atoms with Crippen LogP contribution in [-0.4, -0.2) is 27.9 Å². The summed E-state index contributed by atoms with van der Waals surface area (Å²) in [6, 6.07) is 15.1. The molecule has 2 aromatic carbocycles. The van der Waals surface area contributed by atoms with Crippen molar-refractivity contribution in [2.75, 3.05) is 6.54 Å². The van der Waals surface area contributed by atoms with Gasteiger partial charge in [-0.25, -0.2) is 4.98 Å². The van der Waals surface area contributed by atoms with Crippen molar-refractivity contribution >= 4 is 22.8 Å². The number of nitrogens with one attached hydrogen (secondary N) is 2. The molecule has 3 aromatic rings. The summed E-state index contributed by atoms with van der Waals surface area (Å²) in [6.07, 6.45) is 0.885. The predicted octanol–water partition coefficient (Wildman–Crippen LogP) is 2.80. The molecule has 2 amide bonds. The Labute approximate surface area is 158 Å². The van der Waals surface area contributed by atoms with Gasteiger partial charge in [-0.05, 0) is 37.6 Å². The third-order valence-electron chi connectivity index (χ3n) is 4.29. The smallest absolute Gasteiger partial charge is 0.251 e. The van der Waals surface area contributed by atoms with Crippen LogP contribution in [0.4, 0.5) is 0 Å². The summed E-state index contributed by atoms with van der Waals surface area (Å²) in [4.78, 5) is 29.2. The molecule has 0 fully saturated rings. The van der Waals surface area contributed by atoms with Crippen molar-refractivity contribution in [3.05, 3.63) is 65.5 Å². The summed E-state index contributed by atoms with van der Waals surface area (Å²) in [5.41, 5.74) is 3.32. The van der Waals surface area contributed by atoms with E-state index < -0.39 is 0 Å². The Hall–Kier alpha value is -3.15. The van der Waals surface area contributed by atoms with Gasteiger partial charge in [-0.1, -0.05) is 36.8 Å². The Balaban J connectivity index is 1.79. The number of aromatic nitrogens is 2. The van der Waals surface area contributed by atoms with E-state index in [0.29, 0.717) is 17.9 Å². The van der Waals surface area contributed by atoms with Crippen molar-refractivity contribution in [1.29, 1.82) is 0 Å². The van der Waals surface area contributed by atoms with Gasteiger partial charge in [0.25, 0.3) is 5.91 Å². The number of rotatable bonds is 7. The van der Waals surface area contributed by atoms with Gasteiger partial charge in [0.1, 0.15) is 12.4 Å². The summed E-state index contributed by atoms with van der Waals surface area (Å²) < 4.78 is 1.86. The van der Waals surface area contributed by atoms with Gasteiger partial charge in [0.2, 0.25) is 5.91 Å². The number of para-hydroxylation sites is 2. The van der Waals surface area contributed by atoms with Gasteiger partial charge in [-0.3, -0.25) is 9.59 Å². The Kier molecular flexibility index (Phi) is 5.86. The maximum atomic E-state index is 12.4. The van der Waals surface area contributed by atoms with Crippen molar-refractivity contribution in [3.8, 4) is 0 Å². The largest absolute Gasteiger partial charge is 0.355 e. The maximum absolute atomic E-state index is 12.4. The molecule has 0 bridgehead atoms. The summed E-state index contributed by atoms with van der Waals surface area (Å²) in [6.45, 7) is 5.04. The van der Waals surface area contributed by atoms with E-state index in [1.807, 2.05) is 60.9 Å². The van der Waals surface area contributed by atoms with Gasteiger partial charge >= 0.3 is 0 Å². The first kappa shape index (κ1) is 18.6. The number of carbonyl (C=O) groups excluding carboxylic acids is 2. The minimum atomic E-state index is -0.159. The van der Waals surface area contributed by atoms with Crippen LogP contribution in [0.2, 0.25) is 0 Å². The van der Waals surface area contributed by atoms with Gasteiger partial charge in [-0.2, -0.15) is 0 Å². The highest BCUT2D eigenvalue weighted by Crippen LogP contribution is 2.16. The fraction of sp³-hybridized carbons (Fsp3) is 0.286. The van der Waals surface area contributed by atoms with Crippen LogP contribution in [-0.2, 0) is 17.9 Å². The summed E-state index contributed by atoms with van der Waals surface area (Å²) in [7, 11) is 0. The van der Waals surface area contributed by atoms with E-state index in [1.165, 1.54) is 0 Å². The van der Waals surface area contributed by atoms with Crippen LogP contribution in [0.3, 0.4) is 0 Å². The number of carbonyl (C=O) groups is 2. The van der Waals surface area contributed by atoms with E-state index in [0.717, 1.165) is 23.0 Å². The summed E-state index contributed by atoms with van der Waals surface area (Å²) in [5, 5.41) is 5.79. The average molecular weight is 364 g/mol. The number of hydrogen-bond donors (Lipinski definition) is 2. The second kappa shape index (κ2) is 8.49. The zero-order chi connectivity index (χ0) is 19.2. The average Bonchev–Trinajstić information content (AvgIpc) is 3.02. The maximum Gasteiger partial charge on any atom is 0.251 e. The molecule has 0 saturated heterocycles. The lowest BCUT2D eigenvalue weighted by Crippen LogP contribution is -2.30. The van der Waals surface area contributed by atoms with Crippen LogP contribution in [0.25, 0.3) is 11.0 Å². The molecule has 0 aliphatic carbocycles. The third kappa shape index (κ3) is 4.53. The molecule has 0 spiro atoms. The van der Waals surface area contributed by atoms with Crippen LogP contribution >= 0.6 is 0 Å². The second-order valence-electron chi connectivity index (χ2n) is 6.51. The molecule has 1 aromatic heterocycles. The number of hydrogen-bond acceptors (Lipinski definition) is 3. The first-order chi connectivity index (χ1) is 13.1. The van der Waals surface area contributed by atoms with Crippen molar-refractivity contribution in [2.45, 2.75) is 33.4 Å². The lowest BCUT2D eigenvalue weighted by Gasteiger charge is -2.11. The molecule has 6 nitrogen and oxygen atoms in total. The van der Waals surface area contributed by atoms with Gasteiger partial charge in [-0.15, -0.1) is 0 Å². The highest BCUT2D eigenvalue weighted by atomic mass is 16.2. The minimum absolute atomic E-state index is 0.0636. The van der Waals surface area contributed by atoms with E-state index in [1.54, 1.807) is 6.07 Å². The summed E-state index contributed by atoms with van der Waals surface area (Å²) >= 11 is 0. The van der Waals surface area contributed by atoms with Crippen molar-refractivity contribution < 1.29 is 9.59 Å². The molecular formula is C21H24N4O2. The first-order valence-corrected chi connectivity index (χ1v) is 9.14. The van der Waals surface area contributed by atoms with Gasteiger partial charge in [0.05, 0.1) is 17.6 Å². The van der Waals surface area contributed by atoms with Crippen LogP contribution < -0.4 is 10.6 Å². The third-order valence-corrected chi connectivity index (χ3v) is 4.29. The molecule has 3 rings (SSSR count). The van der Waals surface area contributed by atoms with Crippen molar-refractivity contribution in [1.82, 2.24) is 20.2 Å². The number of imidazole rings is 1. The molecule has 1 heterocycles. The molecule has 0 aliphatic rings.